The van der Waals surface area contributed by atoms with E-state index in [0.29, 0.717) is 0 Å². The summed E-state index contributed by atoms with van der Waals surface area (Å²) in [5.41, 5.74) is 0. The molecule has 0 unspecified atom stereocenters. The van der Waals surface area contributed by atoms with Gasteiger partial charge >= 0.3 is 178 Å². The second-order valence-electron chi connectivity index (χ2n) is 6.87. The van der Waals surface area contributed by atoms with Gasteiger partial charge in [0.05, 0.1) is 0 Å². The molecule has 0 N–H and O–H groups in total. The van der Waals surface area contributed by atoms with Gasteiger partial charge in [-0.05, 0) is 0 Å². The summed E-state index contributed by atoms with van der Waals surface area (Å²) in [5.74, 6) is 3.06. The third-order valence-electron chi connectivity index (χ3n) is 5.06. The van der Waals surface area contributed by atoms with Crippen LogP contribution in [0.25, 0.3) is 0 Å². The summed E-state index contributed by atoms with van der Waals surface area (Å²) in [4.78, 5) is 0. The zero-order chi connectivity index (χ0) is 20.1. The van der Waals surface area contributed by atoms with E-state index in [2.05, 4.69) is 48.6 Å². The molecule has 4 nitrogen and oxygen atoms in total. The van der Waals surface area contributed by atoms with E-state index in [1.54, 1.807) is 14.2 Å². The van der Waals surface area contributed by atoms with Crippen molar-refractivity contribution in [2.75, 3.05) is 14.2 Å². The topological polar surface area (TPSA) is 36.9 Å². The van der Waals surface area contributed by atoms with Gasteiger partial charge in [0.1, 0.15) is 0 Å². The first-order valence-corrected chi connectivity index (χ1v) is 14.4. The number of methoxy groups -OCH3 is 2. The molecule has 0 aliphatic heterocycles. The van der Waals surface area contributed by atoms with Crippen molar-refractivity contribution in [3.05, 3.63) is 97.1 Å². The molecule has 0 spiro atoms. The molecule has 0 bridgehead atoms. The Kier molecular flexibility index (Phi) is 6.06. The number of allylic oxidation sites excluding steroid dienone is 8. The molecule has 29 heavy (non-hydrogen) atoms. The number of rotatable bonds is 8. The number of benzene rings is 2. The van der Waals surface area contributed by atoms with Crippen molar-refractivity contribution in [1.29, 1.82) is 0 Å². The van der Waals surface area contributed by atoms with E-state index in [1.807, 2.05) is 48.5 Å². The Labute approximate surface area is 177 Å². The first-order valence-electron chi connectivity index (χ1n) is 9.59. The molecular weight excluding hydrogens is 443 g/mol. The van der Waals surface area contributed by atoms with Gasteiger partial charge in [0.15, 0.2) is 0 Å². The van der Waals surface area contributed by atoms with Crippen molar-refractivity contribution in [3.63, 3.8) is 0 Å². The van der Waals surface area contributed by atoms with E-state index in [0.717, 1.165) is 23.0 Å². The van der Waals surface area contributed by atoms with E-state index in [-0.39, 0.29) is 7.25 Å². The van der Waals surface area contributed by atoms with Crippen molar-refractivity contribution in [2.24, 2.45) is 0 Å². The fourth-order valence-corrected chi connectivity index (χ4v) is 12.3. The molecule has 0 aromatic heterocycles. The van der Waals surface area contributed by atoms with Crippen LogP contribution in [-0.2, 0) is 21.1 Å². The van der Waals surface area contributed by atoms with Crippen LogP contribution < -0.4 is 15.1 Å². The van der Waals surface area contributed by atoms with Crippen LogP contribution in [0.15, 0.2) is 97.1 Å². The number of ether oxygens (including phenoxy) is 2. The number of hydrogen-bond acceptors (Lipinski definition) is 4. The molecule has 0 radical (unpaired) electrons. The molecule has 5 heteroatoms. The van der Waals surface area contributed by atoms with E-state index in [4.69, 9.17) is 15.1 Å². The van der Waals surface area contributed by atoms with Gasteiger partial charge in [-0.2, -0.15) is 0 Å². The molecule has 0 amide bonds. The van der Waals surface area contributed by atoms with Gasteiger partial charge in [0, 0.05) is 0 Å². The molecule has 2 aromatic carbocycles. The first kappa shape index (κ1) is 19.8. The normalized spacial score (nSPS) is 15.8. The summed E-state index contributed by atoms with van der Waals surface area (Å²) >= 11 is -3.93. The minimum absolute atomic E-state index is 0.124. The van der Waals surface area contributed by atoms with Crippen LogP contribution in [-0.4, -0.2) is 14.2 Å². The molecule has 0 saturated heterocycles. The van der Waals surface area contributed by atoms with Gasteiger partial charge in [0.2, 0.25) is 0 Å². The quantitative estimate of drug-likeness (QED) is 0.479. The fourth-order valence-electron chi connectivity index (χ4n) is 3.61. The SMILES string of the molecule is COc1cccc([O][Zr]([O]c2cccc(OC)c2)([CH]2C=CC=C2)[CH]2C=CC=C2)c1. The summed E-state index contributed by atoms with van der Waals surface area (Å²) in [5, 5.41) is 0. The van der Waals surface area contributed by atoms with Gasteiger partial charge in [-0.3, -0.25) is 0 Å². The Morgan fingerprint density at radius 1 is 0.586 bits per heavy atom. The van der Waals surface area contributed by atoms with Crippen molar-refractivity contribution in [1.82, 2.24) is 0 Å². The first-order chi connectivity index (χ1) is 14.2. The maximum absolute atomic E-state index is 6.85. The monoisotopic (exact) mass is 466 g/mol. The summed E-state index contributed by atoms with van der Waals surface area (Å²) in [7, 11) is 3.32. The van der Waals surface area contributed by atoms with Crippen molar-refractivity contribution in [3.8, 4) is 23.0 Å². The Morgan fingerprint density at radius 3 is 1.34 bits per heavy atom. The van der Waals surface area contributed by atoms with Crippen LogP contribution in [0.4, 0.5) is 0 Å². The van der Waals surface area contributed by atoms with Gasteiger partial charge in [-0.15, -0.1) is 0 Å². The average Bonchev–Trinajstić information content (AvgIpc) is 3.48. The number of hydrogen-bond donors (Lipinski definition) is 0. The Balaban J connectivity index is 1.78. The van der Waals surface area contributed by atoms with E-state index in [9.17, 15) is 0 Å². The summed E-state index contributed by atoms with van der Waals surface area (Å²) in [6, 6.07) is 15.5. The zero-order valence-electron chi connectivity index (χ0n) is 16.5. The van der Waals surface area contributed by atoms with Crippen molar-refractivity contribution < 1.29 is 36.2 Å². The third-order valence-corrected chi connectivity index (χ3v) is 14.2. The average molecular weight is 468 g/mol. The van der Waals surface area contributed by atoms with E-state index >= 15 is 0 Å². The van der Waals surface area contributed by atoms with E-state index in [1.165, 1.54) is 0 Å². The van der Waals surface area contributed by atoms with Crippen molar-refractivity contribution >= 4 is 0 Å². The van der Waals surface area contributed by atoms with Crippen molar-refractivity contribution in [2.45, 2.75) is 7.25 Å². The second kappa shape index (κ2) is 8.88. The molecule has 0 heterocycles. The fraction of sp³-hybridized carbons (Fsp3) is 0.167. The maximum atomic E-state index is 6.85. The van der Waals surface area contributed by atoms with Crippen LogP contribution in [0.2, 0.25) is 7.25 Å². The Bertz CT molecular complexity index is 873. The van der Waals surface area contributed by atoms with Gasteiger partial charge in [-0.25, -0.2) is 0 Å². The molecule has 2 aliphatic carbocycles. The zero-order valence-corrected chi connectivity index (χ0v) is 19.0. The summed E-state index contributed by atoms with van der Waals surface area (Å²) < 4.78 is 24.7. The molecule has 2 aromatic rings. The molecule has 0 fully saturated rings. The van der Waals surface area contributed by atoms with Gasteiger partial charge in [-0.1, -0.05) is 0 Å². The summed E-state index contributed by atoms with van der Waals surface area (Å²) in [6.07, 6.45) is 17.1. The molecule has 0 atom stereocenters. The molecule has 4 rings (SSSR count). The minimum atomic E-state index is -3.93. The van der Waals surface area contributed by atoms with Crippen LogP contribution in [0.5, 0.6) is 23.0 Å². The predicted octanol–water partition coefficient (Wildman–Crippen LogP) is 5.97. The second-order valence-corrected chi connectivity index (χ2v) is 14.7. The van der Waals surface area contributed by atoms with Crippen LogP contribution in [0.3, 0.4) is 0 Å². The van der Waals surface area contributed by atoms with Crippen LogP contribution in [0, 0.1) is 0 Å². The summed E-state index contributed by atoms with van der Waals surface area (Å²) in [6.45, 7) is 0. The molecule has 2 aliphatic rings. The van der Waals surface area contributed by atoms with E-state index < -0.39 is 21.1 Å². The molecular formula is C24H24O4Zr. The van der Waals surface area contributed by atoms with Gasteiger partial charge < -0.3 is 0 Å². The Hall–Kier alpha value is -2.52. The standard InChI is InChI=1S/2C7H8O2.2C5H5.Zr/c2*1-9-7-4-2-3-6(8)5-7;2*1-2-4-5-3-1;/h2*2-5,8H,1H3;2*1-5H;/q;;;;+2/p-2. The van der Waals surface area contributed by atoms with Crippen LogP contribution in [0.1, 0.15) is 0 Å². The molecule has 148 valence electrons. The third kappa shape index (κ3) is 4.25. The van der Waals surface area contributed by atoms with Crippen LogP contribution >= 0.6 is 0 Å². The predicted molar refractivity (Wildman–Crippen MR) is 111 cm³/mol. The molecule has 0 saturated carbocycles. The van der Waals surface area contributed by atoms with Gasteiger partial charge in [0.25, 0.3) is 0 Å². The Morgan fingerprint density at radius 2 is 0.966 bits per heavy atom.